The van der Waals surface area contributed by atoms with E-state index in [9.17, 15) is 18.0 Å². The fraction of sp³-hybridized carbons (Fsp3) is 0.133. The molecule has 7 heteroatoms. The number of hydrogen-bond donors (Lipinski definition) is 2. The van der Waals surface area contributed by atoms with Crippen LogP contribution in [0, 0.1) is 0 Å². The maximum Gasteiger partial charge on any atom is 0.416 e. The Morgan fingerprint density at radius 1 is 1.18 bits per heavy atom. The lowest BCUT2D eigenvalue weighted by Gasteiger charge is -2.10. The topological polar surface area (TPSA) is 55.1 Å². The molecule has 0 aliphatic rings. The Bertz CT molecular complexity index is 701. The van der Waals surface area contributed by atoms with Crippen molar-refractivity contribution in [1.29, 1.82) is 0 Å². The predicted octanol–water partition coefficient (Wildman–Crippen LogP) is 3.87. The molecule has 0 bridgehead atoms. The van der Waals surface area contributed by atoms with Crippen LogP contribution in [0.25, 0.3) is 0 Å². The SMILES string of the molecule is Nc1cc(C(=O)NCc2cccc(C(F)(F)F)c2)ccc1Cl. The minimum atomic E-state index is -4.41. The number of anilines is 1. The average molecular weight is 329 g/mol. The van der Waals surface area contributed by atoms with Gasteiger partial charge in [0.2, 0.25) is 0 Å². The maximum absolute atomic E-state index is 12.6. The van der Waals surface area contributed by atoms with Gasteiger partial charge in [-0.2, -0.15) is 13.2 Å². The number of nitrogens with one attached hydrogen (secondary N) is 1. The molecule has 0 saturated heterocycles. The van der Waals surface area contributed by atoms with Crippen molar-refractivity contribution in [2.75, 3.05) is 5.73 Å². The van der Waals surface area contributed by atoms with E-state index < -0.39 is 17.6 Å². The van der Waals surface area contributed by atoms with Crippen molar-refractivity contribution >= 4 is 23.2 Å². The van der Waals surface area contributed by atoms with Gasteiger partial charge in [0, 0.05) is 12.1 Å². The molecule has 1 amide bonds. The van der Waals surface area contributed by atoms with E-state index in [2.05, 4.69) is 5.32 Å². The summed E-state index contributed by atoms with van der Waals surface area (Å²) in [6.07, 6.45) is -4.41. The van der Waals surface area contributed by atoms with E-state index in [1.807, 2.05) is 0 Å². The zero-order valence-electron chi connectivity index (χ0n) is 11.2. The average Bonchev–Trinajstić information content (AvgIpc) is 2.47. The second-order valence-electron chi connectivity index (χ2n) is 4.62. The summed E-state index contributed by atoms with van der Waals surface area (Å²) in [5.74, 6) is -0.444. The second kappa shape index (κ2) is 6.27. The molecule has 116 valence electrons. The Balaban J connectivity index is 2.06. The molecule has 0 aliphatic carbocycles. The highest BCUT2D eigenvalue weighted by Crippen LogP contribution is 2.29. The van der Waals surface area contributed by atoms with E-state index in [0.29, 0.717) is 10.6 Å². The number of amides is 1. The highest BCUT2D eigenvalue weighted by Gasteiger charge is 2.30. The molecule has 0 fully saturated rings. The first kappa shape index (κ1) is 16.2. The van der Waals surface area contributed by atoms with Gasteiger partial charge in [-0.15, -0.1) is 0 Å². The first-order valence-corrected chi connectivity index (χ1v) is 6.64. The third-order valence-electron chi connectivity index (χ3n) is 2.97. The van der Waals surface area contributed by atoms with Gasteiger partial charge >= 0.3 is 6.18 Å². The molecule has 0 radical (unpaired) electrons. The molecule has 3 nitrogen and oxygen atoms in total. The molecule has 2 aromatic rings. The van der Waals surface area contributed by atoms with Crippen LogP contribution in [0.2, 0.25) is 5.02 Å². The molecular formula is C15H12ClF3N2O. The molecule has 2 rings (SSSR count). The Morgan fingerprint density at radius 3 is 2.55 bits per heavy atom. The van der Waals surface area contributed by atoms with Crippen LogP contribution in [-0.2, 0) is 12.7 Å². The highest BCUT2D eigenvalue weighted by atomic mass is 35.5. The third-order valence-corrected chi connectivity index (χ3v) is 3.31. The number of nitrogens with two attached hydrogens (primary N) is 1. The van der Waals surface area contributed by atoms with E-state index in [1.54, 1.807) is 0 Å². The van der Waals surface area contributed by atoms with E-state index >= 15 is 0 Å². The smallest absolute Gasteiger partial charge is 0.398 e. The lowest BCUT2D eigenvalue weighted by Crippen LogP contribution is -2.23. The van der Waals surface area contributed by atoms with Crippen molar-refractivity contribution < 1.29 is 18.0 Å². The zero-order chi connectivity index (χ0) is 16.3. The Labute approximate surface area is 129 Å². The first-order chi connectivity index (χ1) is 10.3. The normalized spacial score (nSPS) is 11.3. The van der Waals surface area contributed by atoms with Gasteiger partial charge in [0.1, 0.15) is 0 Å². The van der Waals surface area contributed by atoms with Gasteiger partial charge in [0.15, 0.2) is 0 Å². The zero-order valence-corrected chi connectivity index (χ0v) is 12.0. The van der Waals surface area contributed by atoms with Crippen molar-refractivity contribution in [2.45, 2.75) is 12.7 Å². The van der Waals surface area contributed by atoms with Gasteiger partial charge in [-0.3, -0.25) is 4.79 Å². The minimum Gasteiger partial charge on any atom is -0.398 e. The van der Waals surface area contributed by atoms with Gasteiger partial charge < -0.3 is 11.1 Å². The number of alkyl halides is 3. The first-order valence-electron chi connectivity index (χ1n) is 6.27. The van der Waals surface area contributed by atoms with Crippen molar-refractivity contribution in [3.8, 4) is 0 Å². The number of benzene rings is 2. The van der Waals surface area contributed by atoms with Crippen LogP contribution in [-0.4, -0.2) is 5.91 Å². The lowest BCUT2D eigenvalue weighted by molar-refractivity contribution is -0.137. The van der Waals surface area contributed by atoms with Crippen LogP contribution < -0.4 is 11.1 Å². The number of hydrogen-bond acceptors (Lipinski definition) is 2. The number of nitrogen functional groups attached to an aromatic ring is 1. The van der Waals surface area contributed by atoms with Gasteiger partial charge in [-0.1, -0.05) is 23.7 Å². The molecule has 0 unspecified atom stereocenters. The molecular weight excluding hydrogens is 317 g/mol. The molecule has 22 heavy (non-hydrogen) atoms. The Hall–Kier alpha value is -2.21. The predicted molar refractivity (Wildman–Crippen MR) is 78.5 cm³/mol. The van der Waals surface area contributed by atoms with Crippen molar-refractivity contribution in [3.05, 3.63) is 64.2 Å². The van der Waals surface area contributed by atoms with Crippen LogP contribution in [0.4, 0.5) is 18.9 Å². The number of rotatable bonds is 3. The van der Waals surface area contributed by atoms with E-state index in [0.717, 1.165) is 12.1 Å². The summed E-state index contributed by atoms with van der Waals surface area (Å²) in [7, 11) is 0. The fourth-order valence-corrected chi connectivity index (χ4v) is 1.94. The summed E-state index contributed by atoms with van der Waals surface area (Å²) < 4.78 is 37.8. The molecule has 0 atom stereocenters. The molecule has 3 N–H and O–H groups in total. The summed E-state index contributed by atoms with van der Waals surface area (Å²) in [5, 5.41) is 2.86. The van der Waals surface area contributed by atoms with E-state index in [1.165, 1.54) is 30.3 Å². The van der Waals surface area contributed by atoms with Crippen molar-refractivity contribution in [2.24, 2.45) is 0 Å². The molecule has 0 heterocycles. The van der Waals surface area contributed by atoms with Crippen molar-refractivity contribution in [1.82, 2.24) is 5.32 Å². The second-order valence-corrected chi connectivity index (χ2v) is 5.02. The van der Waals surface area contributed by atoms with Crippen LogP contribution in [0.5, 0.6) is 0 Å². The van der Waals surface area contributed by atoms with Crippen LogP contribution in [0.1, 0.15) is 21.5 Å². The largest absolute Gasteiger partial charge is 0.416 e. The summed E-state index contributed by atoms with van der Waals surface area (Å²) in [6, 6.07) is 9.15. The lowest BCUT2D eigenvalue weighted by atomic mass is 10.1. The summed E-state index contributed by atoms with van der Waals surface area (Å²) in [5.41, 5.74) is 5.74. The standard InChI is InChI=1S/C15H12ClF3N2O/c16-12-5-4-10(7-13(12)20)14(22)21-8-9-2-1-3-11(6-9)15(17,18)19/h1-7H,8,20H2,(H,21,22). The Morgan fingerprint density at radius 2 is 1.91 bits per heavy atom. The maximum atomic E-state index is 12.6. The van der Waals surface area contributed by atoms with Crippen molar-refractivity contribution in [3.63, 3.8) is 0 Å². The summed E-state index contributed by atoms with van der Waals surface area (Å²) >= 11 is 5.76. The van der Waals surface area contributed by atoms with Gasteiger partial charge in [0.25, 0.3) is 5.91 Å². The quantitative estimate of drug-likeness (QED) is 0.840. The van der Waals surface area contributed by atoms with E-state index in [-0.39, 0.29) is 17.8 Å². The monoisotopic (exact) mass is 328 g/mol. The van der Waals surface area contributed by atoms with Crippen LogP contribution >= 0.6 is 11.6 Å². The molecule has 0 spiro atoms. The summed E-state index contributed by atoms with van der Waals surface area (Å²) in [4.78, 5) is 11.9. The summed E-state index contributed by atoms with van der Waals surface area (Å²) in [6.45, 7) is -0.0225. The number of halogens is 4. The third kappa shape index (κ3) is 3.92. The molecule has 2 aromatic carbocycles. The van der Waals surface area contributed by atoms with E-state index in [4.69, 9.17) is 17.3 Å². The highest BCUT2D eigenvalue weighted by molar-refractivity contribution is 6.33. The molecule has 0 aliphatic heterocycles. The molecule has 0 saturated carbocycles. The minimum absolute atomic E-state index is 0.0225. The fourth-order valence-electron chi connectivity index (χ4n) is 1.83. The van der Waals surface area contributed by atoms with Gasteiger partial charge in [-0.05, 0) is 35.9 Å². The number of carbonyl (C=O) groups is 1. The Kier molecular flexibility index (Phi) is 4.61. The number of carbonyl (C=O) groups excluding carboxylic acids is 1. The van der Waals surface area contributed by atoms with Gasteiger partial charge in [0.05, 0.1) is 16.3 Å². The van der Waals surface area contributed by atoms with Crippen LogP contribution in [0.3, 0.4) is 0 Å². The van der Waals surface area contributed by atoms with Gasteiger partial charge in [-0.25, -0.2) is 0 Å². The van der Waals surface area contributed by atoms with Crippen LogP contribution in [0.15, 0.2) is 42.5 Å². The molecule has 0 aromatic heterocycles.